The third-order valence-electron chi connectivity index (χ3n) is 3.65. The molecule has 98 valence electrons. The van der Waals surface area contributed by atoms with E-state index in [1.165, 1.54) is 12.8 Å². The van der Waals surface area contributed by atoms with Gasteiger partial charge in [0.25, 0.3) is 0 Å². The van der Waals surface area contributed by atoms with Crippen LogP contribution >= 0.6 is 0 Å². The number of amides is 1. The fraction of sp³-hybridized carbons (Fsp3) is 0.917. The summed E-state index contributed by atoms with van der Waals surface area (Å²) in [5.41, 5.74) is 0. The molecule has 2 unspecified atom stereocenters. The lowest BCUT2D eigenvalue weighted by atomic mass is 10.2. The van der Waals surface area contributed by atoms with Crippen molar-refractivity contribution >= 4 is 5.91 Å². The zero-order chi connectivity index (χ0) is 12.3. The van der Waals surface area contributed by atoms with Crippen LogP contribution in [0, 0.1) is 0 Å². The average Bonchev–Trinajstić information content (AvgIpc) is 2.54. The molecule has 0 aromatic heterocycles. The van der Waals surface area contributed by atoms with Crippen molar-refractivity contribution < 1.29 is 15.0 Å². The van der Waals surface area contributed by atoms with E-state index in [0.717, 1.165) is 25.9 Å². The minimum Gasteiger partial charge on any atom is -0.389 e. The molecule has 0 aliphatic carbocycles. The molecule has 5 nitrogen and oxygen atoms in total. The van der Waals surface area contributed by atoms with Crippen LogP contribution in [-0.4, -0.2) is 70.9 Å². The van der Waals surface area contributed by atoms with E-state index in [0.29, 0.717) is 19.6 Å². The molecule has 0 radical (unpaired) electrons. The van der Waals surface area contributed by atoms with E-state index in [2.05, 4.69) is 0 Å². The highest BCUT2D eigenvalue weighted by Gasteiger charge is 2.31. The van der Waals surface area contributed by atoms with Crippen molar-refractivity contribution in [2.24, 2.45) is 0 Å². The molecule has 2 heterocycles. The molecule has 2 N–H and O–H groups in total. The van der Waals surface area contributed by atoms with Crippen LogP contribution in [0.25, 0.3) is 0 Å². The molecule has 2 atom stereocenters. The molecule has 0 saturated carbocycles. The number of carbonyl (C=O) groups is 1. The smallest absolute Gasteiger partial charge is 0.236 e. The summed E-state index contributed by atoms with van der Waals surface area (Å²) in [5.74, 6) is 0.133. The van der Waals surface area contributed by atoms with Crippen molar-refractivity contribution in [2.75, 3.05) is 32.7 Å². The normalized spacial score (nSPS) is 31.5. The maximum absolute atomic E-state index is 12.0. The highest BCUT2D eigenvalue weighted by molar-refractivity contribution is 5.78. The Morgan fingerprint density at radius 1 is 1.00 bits per heavy atom. The second kappa shape index (κ2) is 5.80. The van der Waals surface area contributed by atoms with Gasteiger partial charge in [0.1, 0.15) is 0 Å². The number of aliphatic hydroxyl groups excluding tert-OH is 2. The van der Waals surface area contributed by atoms with Crippen LogP contribution < -0.4 is 0 Å². The van der Waals surface area contributed by atoms with Gasteiger partial charge in [0.2, 0.25) is 5.91 Å². The van der Waals surface area contributed by atoms with Crippen molar-refractivity contribution in [3.63, 3.8) is 0 Å². The Morgan fingerprint density at radius 2 is 1.53 bits per heavy atom. The lowest BCUT2D eigenvalue weighted by Gasteiger charge is -2.23. The highest BCUT2D eigenvalue weighted by atomic mass is 16.3. The van der Waals surface area contributed by atoms with Gasteiger partial charge in [0.15, 0.2) is 0 Å². The van der Waals surface area contributed by atoms with E-state index in [4.69, 9.17) is 0 Å². The summed E-state index contributed by atoms with van der Waals surface area (Å²) >= 11 is 0. The number of hydrogen-bond donors (Lipinski definition) is 2. The van der Waals surface area contributed by atoms with Crippen LogP contribution in [0.4, 0.5) is 0 Å². The van der Waals surface area contributed by atoms with Gasteiger partial charge in [0.05, 0.1) is 18.8 Å². The summed E-state index contributed by atoms with van der Waals surface area (Å²) in [6.45, 7) is 2.85. The van der Waals surface area contributed by atoms with Gasteiger partial charge in [-0.15, -0.1) is 0 Å². The number of β-amino-alcohol motifs (C(OH)–C–C–N with tert-alkyl or cyclic N) is 2. The molecular weight excluding hydrogens is 220 g/mol. The minimum absolute atomic E-state index is 0.133. The summed E-state index contributed by atoms with van der Waals surface area (Å²) in [4.78, 5) is 15.8. The van der Waals surface area contributed by atoms with E-state index in [-0.39, 0.29) is 5.91 Å². The summed E-state index contributed by atoms with van der Waals surface area (Å²) in [6.07, 6.45) is 3.21. The monoisotopic (exact) mass is 242 g/mol. The lowest BCUT2D eigenvalue weighted by molar-refractivity contribution is -0.132. The maximum atomic E-state index is 12.0. The zero-order valence-electron chi connectivity index (χ0n) is 10.2. The van der Waals surface area contributed by atoms with Crippen LogP contribution in [0.5, 0.6) is 0 Å². The molecular formula is C12H22N2O3. The summed E-state index contributed by atoms with van der Waals surface area (Å²) < 4.78 is 0. The Labute approximate surface area is 102 Å². The molecule has 17 heavy (non-hydrogen) atoms. The lowest BCUT2D eigenvalue weighted by Crippen LogP contribution is -2.40. The van der Waals surface area contributed by atoms with Crippen molar-refractivity contribution in [2.45, 2.75) is 37.9 Å². The van der Waals surface area contributed by atoms with Crippen molar-refractivity contribution in [3.8, 4) is 0 Å². The molecule has 0 aromatic rings. The van der Waals surface area contributed by atoms with Crippen molar-refractivity contribution in [1.82, 2.24) is 9.80 Å². The van der Waals surface area contributed by atoms with Crippen LogP contribution in [0.3, 0.4) is 0 Å². The largest absolute Gasteiger partial charge is 0.389 e. The van der Waals surface area contributed by atoms with Gasteiger partial charge in [-0.3, -0.25) is 9.69 Å². The molecule has 2 saturated heterocycles. The van der Waals surface area contributed by atoms with Crippen LogP contribution in [0.1, 0.15) is 25.7 Å². The Bertz CT molecular complexity index is 254. The van der Waals surface area contributed by atoms with E-state index in [1.807, 2.05) is 9.80 Å². The molecule has 1 amide bonds. The number of aliphatic hydroxyl groups is 2. The predicted octanol–water partition coefficient (Wildman–Crippen LogP) is -0.574. The van der Waals surface area contributed by atoms with Gasteiger partial charge >= 0.3 is 0 Å². The number of rotatable bonds is 2. The van der Waals surface area contributed by atoms with E-state index >= 15 is 0 Å². The maximum Gasteiger partial charge on any atom is 0.236 e. The molecule has 2 aliphatic rings. The minimum atomic E-state index is -0.702. The van der Waals surface area contributed by atoms with Crippen LogP contribution in [0.15, 0.2) is 0 Å². The topological polar surface area (TPSA) is 64.0 Å². The van der Waals surface area contributed by atoms with Gasteiger partial charge in [-0.25, -0.2) is 0 Å². The molecule has 5 heteroatoms. The third kappa shape index (κ3) is 3.40. The summed E-state index contributed by atoms with van der Waals surface area (Å²) in [7, 11) is 0. The Hall–Kier alpha value is -0.650. The SMILES string of the molecule is O=C(CN1CC(O)C(O)C1)N1CCCCCC1. The number of carbonyl (C=O) groups excluding carboxylic acids is 1. The fourth-order valence-electron chi connectivity index (χ4n) is 2.59. The fourth-order valence-corrected chi connectivity index (χ4v) is 2.59. The van der Waals surface area contributed by atoms with Crippen molar-refractivity contribution in [3.05, 3.63) is 0 Å². The molecule has 0 spiro atoms. The summed E-state index contributed by atoms with van der Waals surface area (Å²) in [5, 5.41) is 18.8. The Morgan fingerprint density at radius 3 is 2.06 bits per heavy atom. The van der Waals surface area contributed by atoms with Gasteiger partial charge in [-0.2, -0.15) is 0 Å². The molecule has 0 aromatic carbocycles. The first-order chi connectivity index (χ1) is 8.16. The van der Waals surface area contributed by atoms with Gasteiger partial charge in [-0.05, 0) is 12.8 Å². The first-order valence-corrected chi connectivity index (χ1v) is 6.53. The molecule has 0 bridgehead atoms. The van der Waals surface area contributed by atoms with Crippen LogP contribution in [0.2, 0.25) is 0 Å². The Balaban J connectivity index is 1.80. The molecule has 2 aliphatic heterocycles. The molecule has 2 rings (SSSR count). The highest BCUT2D eigenvalue weighted by Crippen LogP contribution is 2.13. The third-order valence-corrected chi connectivity index (χ3v) is 3.65. The standard InChI is InChI=1S/C12H22N2O3/c15-10-7-13(8-11(10)16)9-12(17)14-5-3-1-2-4-6-14/h10-11,15-16H,1-9H2. The zero-order valence-corrected chi connectivity index (χ0v) is 10.2. The van der Waals surface area contributed by atoms with E-state index in [1.54, 1.807) is 0 Å². The first kappa shape index (κ1) is 12.8. The quantitative estimate of drug-likeness (QED) is 0.680. The average molecular weight is 242 g/mol. The van der Waals surface area contributed by atoms with Gasteiger partial charge in [-0.1, -0.05) is 12.8 Å². The first-order valence-electron chi connectivity index (χ1n) is 6.53. The van der Waals surface area contributed by atoms with E-state index < -0.39 is 12.2 Å². The second-order valence-corrected chi connectivity index (χ2v) is 5.12. The Kier molecular flexibility index (Phi) is 4.36. The van der Waals surface area contributed by atoms with E-state index in [9.17, 15) is 15.0 Å². The predicted molar refractivity (Wildman–Crippen MR) is 63.5 cm³/mol. The number of likely N-dealkylation sites (tertiary alicyclic amines) is 2. The van der Waals surface area contributed by atoms with Crippen LogP contribution in [-0.2, 0) is 4.79 Å². The number of nitrogens with zero attached hydrogens (tertiary/aromatic N) is 2. The van der Waals surface area contributed by atoms with Gasteiger partial charge < -0.3 is 15.1 Å². The molecule has 2 fully saturated rings. The summed E-state index contributed by atoms with van der Waals surface area (Å²) in [6, 6.07) is 0. The van der Waals surface area contributed by atoms with Crippen molar-refractivity contribution in [1.29, 1.82) is 0 Å². The number of hydrogen-bond acceptors (Lipinski definition) is 4. The van der Waals surface area contributed by atoms with Gasteiger partial charge in [0, 0.05) is 26.2 Å². The second-order valence-electron chi connectivity index (χ2n) is 5.12.